The number of amides is 1. The molecule has 0 unspecified atom stereocenters. The maximum atomic E-state index is 13.0. The van der Waals surface area contributed by atoms with Crippen molar-refractivity contribution in [3.05, 3.63) is 58.1 Å². The first-order valence-electron chi connectivity index (χ1n) is 13.2. The van der Waals surface area contributed by atoms with Crippen molar-refractivity contribution in [2.45, 2.75) is 30.6 Å². The Morgan fingerprint density at radius 2 is 1.67 bits per heavy atom. The number of benzene rings is 2. The summed E-state index contributed by atoms with van der Waals surface area (Å²) in [6, 6.07) is 10.9. The van der Waals surface area contributed by atoms with E-state index in [-0.39, 0.29) is 16.5 Å². The Morgan fingerprint density at radius 1 is 0.974 bits per heavy atom. The molecule has 13 heteroatoms. The van der Waals surface area contributed by atoms with Gasteiger partial charge in [-0.05, 0) is 43.2 Å². The summed E-state index contributed by atoms with van der Waals surface area (Å²) in [4.78, 5) is 32.6. The van der Waals surface area contributed by atoms with Crippen molar-refractivity contribution in [2.75, 3.05) is 57.3 Å². The number of nitrogens with one attached hydrogen (secondary N) is 1. The van der Waals surface area contributed by atoms with E-state index in [1.165, 1.54) is 29.5 Å². The molecule has 1 N–H and O–H groups in total. The minimum Gasteiger partial charge on any atom is -0.351 e. The molecule has 0 spiro atoms. The van der Waals surface area contributed by atoms with E-state index in [9.17, 15) is 23.3 Å². The summed E-state index contributed by atoms with van der Waals surface area (Å²) in [6.45, 7) is 5.47. The number of aromatic nitrogens is 1. The number of nitro groups is 1. The first kappa shape index (κ1) is 27.4. The number of fused-ring (bicyclic) bond motifs is 1. The minimum absolute atomic E-state index is 0.0679. The van der Waals surface area contributed by atoms with Gasteiger partial charge in [-0.2, -0.15) is 4.31 Å². The van der Waals surface area contributed by atoms with Gasteiger partial charge in [0.1, 0.15) is 0 Å². The molecule has 1 amide bonds. The third kappa shape index (κ3) is 6.38. The fourth-order valence-electron chi connectivity index (χ4n) is 4.95. The van der Waals surface area contributed by atoms with Gasteiger partial charge in [0.15, 0.2) is 5.13 Å². The van der Waals surface area contributed by atoms with Crippen LogP contribution in [0.2, 0.25) is 0 Å². The monoisotopic (exact) mass is 572 g/mol. The number of carbonyl (C=O) groups excluding carboxylic acids is 1. The number of hydrogen-bond donors (Lipinski definition) is 1. The zero-order valence-corrected chi connectivity index (χ0v) is 23.3. The molecule has 0 bridgehead atoms. The molecule has 2 fully saturated rings. The molecule has 2 saturated heterocycles. The molecule has 2 aliphatic rings. The number of carbonyl (C=O) groups is 1. The normalized spacial score (nSPS) is 17.7. The summed E-state index contributed by atoms with van der Waals surface area (Å²) in [6.07, 6.45) is 3.87. The van der Waals surface area contributed by atoms with Crippen LogP contribution in [0, 0.1) is 10.1 Å². The third-order valence-corrected chi connectivity index (χ3v) is 10.2. The lowest BCUT2D eigenvalue weighted by atomic mass is 10.2. The Morgan fingerprint density at radius 3 is 2.33 bits per heavy atom. The number of anilines is 1. The smallest absolute Gasteiger partial charge is 0.270 e. The molecule has 3 heterocycles. The van der Waals surface area contributed by atoms with E-state index in [1.807, 2.05) is 0 Å². The van der Waals surface area contributed by atoms with Gasteiger partial charge in [-0.25, -0.2) is 13.4 Å². The van der Waals surface area contributed by atoms with E-state index in [4.69, 9.17) is 0 Å². The van der Waals surface area contributed by atoms with E-state index in [0.29, 0.717) is 31.7 Å². The second kappa shape index (κ2) is 11.9. The summed E-state index contributed by atoms with van der Waals surface area (Å²) in [7, 11) is -3.54. The van der Waals surface area contributed by atoms with E-state index < -0.39 is 14.9 Å². The summed E-state index contributed by atoms with van der Waals surface area (Å²) in [5, 5.41) is 14.8. The van der Waals surface area contributed by atoms with Crippen LogP contribution in [0.25, 0.3) is 10.2 Å². The van der Waals surface area contributed by atoms with Crippen LogP contribution in [0.15, 0.2) is 47.4 Å². The van der Waals surface area contributed by atoms with Crippen LogP contribution < -0.4 is 10.2 Å². The maximum Gasteiger partial charge on any atom is 0.270 e. The largest absolute Gasteiger partial charge is 0.351 e. The number of non-ortho nitro benzene ring substituents is 1. The van der Waals surface area contributed by atoms with E-state index in [0.717, 1.165) is 67.2 Å². The van der Waals surface area contributed by atoms with Gasteiger partial charge in [0.25, 0.3) is 11.6 Å². The van der Waals surface area contributed by atoms with Gasteiger partial charge >= 0.3 is 0 Å². The van der Waals surface area contributed by atoms with Gasteiger partial charge in [0, 0.05) is 70.1 Å². The maximum absolute atomic E-state index is 13.0. The highest BCUT2D eigenvalue weighted by Gasteiger charge is 2.25. The van der Waals surface area contributed by atoms with Gasteiger partial charge in [-0.15, -0.1) is 0 Å². The van der Waals surface area contributed by atoms with Crippen molar-refractivity contribution < 1.29 is 18.1 Å². The lowest BCUT2D eigenvalue weighted by Crippen LogP contribution is -2.48. The molecular weight excluding hydrogens is 540 g/mol. The second-order valence-electron chi connectivity index (χ2n) is 9.83. The average Bonchev–Trinajstić information content (AvgIpc) is 3.17. The topological polar surface area (TPSA) is 129 Å². The number of rotatable bonds is 8. The molecule has 2 aliphatic heterocycles. The zero-order chi connectivity index (χ0) is 27.4. The average molecular weight is 573 g/mol. The van der Waals surface area contributed by atoms with E-state index in [2.05, 4.69) is 20.1 Å². The molecule has 5 rings (SSSR count). The highest BCUT2D eigenvalue weighted by atomic mass is 32.2. The Balaban J connectivity index is 1.08. The van der Waals surface area contributed by atoms with Gasteiger partial charge < -0.3 is 10.2 Å². The molecule has 0 radical (unpaired) electrons. The Bertz CT molecular complexity index is 1430. The number of piperazine rings is 1. The minimum atomic E-state index is -3.54. The molecule has 3 aromatic rings. The summed E-state index contributed by atoms with van der Waals surface area (Å²) in [5.41, 5.74) is 1.27. The van der Waals surface area contributed by atoms with Crippen LogP contribution in [0.3, 0.4) is 0 Å². The summed E-state index contributed by atoms with van der Waals surface area (Å²) < 4.78 is 28.3. The number of nitrogens with zero attached hydrogens (tertiary/aromatic N) is 5. The predicted molar refractivity (Wildman–Crippen MR) is 151 cm³/mol. The molecule has 2 aromatic carbocycles. The first-order chi connectivity index (χ1) is 18.8. The van der Waals surface area contributed by atoms with Crippen LogP contribution >= 0.6 is 11.3 Å². The standard InChI is InChI=1S/C26H32N6O5S2/c33-25(20-5-8-22(9-6-20)39(36,37)31-12-3-1-2-4-13-31)27-11-14-29-15-17-30(18-16-29)26-28-23-10-7-21(32(34)35)19-24(23)38-26/h5-10,19H,1-4,11-18H2,(H,27,33). The van der Waals surface area contributed by atoms with Crippen molar-refractivity contribution in [1.82, 2.24) is 19.5 Å². The molecular formula is C26H32N6O5S2. The Hall–Kier alpha value is -3.13. The fourth-order valence-corrected chi connectivity index (χ4v) is 7.52. The predicted octanol–water partition coefficient (Wildman–Crippen LogP) is 3.32. The summed E-state index contributed by atoms with van der Waals surface area (Å²) in [5.74, 6) is -0.226. The number of hydrogen-bond acceptors (Lipinski definition) is 9. The number of thiazole rings is 1. The zero-order valence-electron chi connectivity index (χ0n) is 21.6. The number of sulfonamides is 1. The quantitative estimate of drug-likeness (QED) is 0.322. The van der Waals surface area contributed by atoms with Gasteiger partial charge in [-0.3, -0.25) is 19.8 Å². The number of nitro benzene ring substituents is 1. The van der Waals surface area contributed by atoms with Crippen LogP contribution in [0.4, 0.5) is 10.8 Å². The van der Waals surface area contributed by atoms with Crippen LogP contribution in [-0.2, 0) is 10.0 Å². The second-order valence-corrected chi connectivity index (χ2v) is 12.8. The molecule has 0 saturated carbocycles. The Labute approximate surface area is 231 Å². The van der Waals surface area contributed by atoms with Crippen LogP contribution in [0.5, 0.6) is 0 Å². The molecule has 1 aromatic heterocycles. The molecule has 11 nitrogen and oxygen atoms in total. The van der Waals surface area contributed by atoms with Crippen molar-refractivity contribution >= 4 is 48.3 Å². The fraction of sp³-hybridized carbons (Fsp3) is 0.462. The molecule has 0 atom stereocenters. The molecule has 208 valence electrons. The van der Waals surface area contributed by atoms with Crippen molar-refractivity contribution in [3.8, 4) is 0 Å². The van der Waals surface area contributed by atoms with E-state index >= 15 is 0 Å². The lowest BCUT2D eigenvalue weighted by molar-refractivity contribution is -0.384. The Kier molecular flexibility index (Phi) is 8.40. The van der Waals surface area contributed by atoms with E-state index in [1.54, 1.807) is 28.6 Å². The first-order valence-corrected chi connectivity index (χ1v) is 15.5. The lowest BCUT2D eigenvalue weighted by Gasteiger charge is -2.34. The summed E-state index contributed by atoms with van der Waals surface area (Å²) >= 11 is 1.46. The highest BCUT2D eigenvalue weighted by Crippen LogP contribution is 2.31. The van der Waals surface area contributed by atoms with Crippen LogP contribution in [-0.4, -0.2) is 85.8 Å². The van der Waals surface area contributed by atoms with Gasteiger partial charge in [-0.1, -0.05) is 24.2 Å². The molecule has 0 aliphatic carbocycles. The van der Waals surface area contributed by atoms with Gasteiger partial charge in [0.05, 0.1) is 20.0 Å². The molecule has 39 heavy (non-hydrogen) atoms. The highest BCUT2D eigenvalue weighted by molar-refractivity contribution is 7.89. The van der Waals surface area contributed by atoms with Crippen LogP contribution in [0.1, 0.15) is 36.0 Å². The van der Waals surface area contributed by atoms with Gasteiger partial charge in [0.2, 0.25) is 10.0 Å². The SMILES string of the molecule is O=C(NCCN1CCN(c2nc3ccc([N+](=O)[O-])cc3s2)CC1)c1ccc(S(=O)(=O)N2CCCCCC2)cc1. The van der Waals surface area contributed by atoms with Crippen molar-refractivity contribution in [3.63, 3.8) is 0 Å². The third-order valence-electron chi connectivity index (χ3n) is 7.25. The van der Waals surface area contributed by atoms with Crippen molar-refractivity contribution in [2.24, 2.45) is 0 Å². The van der Waals surface area contributed by atoms with Crippen molar-refractivity contribution in [1.29, 1.82) is 0 Å².